The molecule has 0 amide bonds. The number of thioether (sulfide) groups is 1. The Morgan fingerprint density at radius 3 is 2.92 bits per heavy atom. The number of aromatic amines is 1. The minimum Gasteiger partial charge on any atom is -0.508 e. The maximum atomic E-state index is 12.0. The van der Waals surface area contributed by atoms with E-state index in [0.29, 0.717) is 27.6 Å². The second kappa shape index (κ2) is 6.60. The first-order chi connectivity index (χ1) is 12.6. The predicted octanol–water partition coefficient (Wildman–Crippen LogP) is 2.32. The summed E-state index contributed by atoms with van der Waals surface area (Å²) in [6.07, 6.45) is 1.54. The Morgan fingerprint density at radius 2 is 2.12 bits per heavy atom. The van der Waals surface area contributed by atoms with Crippen LogP contribution in [0.25, 0.3) is 11.0 Å². The van der Waals surface area contributed by atoms with Gasteiger partial charge in [-0.05, 0) is 29.8 Å². The Balaban J connectivity index is 1.63. The van der Waals surface area contributed by atoms with Crippen molar-refractivity contribution in [2.24, 2.45) is 0 Å². The smallest absolute Gasteiger partial charge is 0.344 e. The van der Waals surface area contributed by atoms with Crippen molar-refractivity contribution in [3.63, 3.8) is 0 Å². The van der Waals surface area contributed by atoms with E-state index >= 15 is 0 Å². The summed E-state index contributed by atoms with van der Waals surface area (Å²) in [4.78, 5) is 23.7. The van der Waals surface area contributed by atoms with Crippen molar-refractivity contribution in [2.75, 3.05) is 0 Å². The van der Waals surface area contributed by atoms with Gasteiger partial charge in [0.05, 0.1) is 12.8 Å². The van der Waals surface area contributed by atoms with Crippen LogP contribution in [0.4, 0.5) is 0 Å². The average Bonchev–Trinajstić information content (AvgIpc) is 3.24. The van der Waals surface area contributed by atoms with Crippen molar-refractivity contribution >= 4 is 22.7 Å². The predicted molar refractivity (Wildman–Crippen MR) is 94.4 cm³/mol. The molecule has 0 bridgehead atoms. The van der Waals surface area contributed by atoms with E-state index in [-0.39, 0.29) is 18.0 Å². The molecule has 0 atom stereocenters. The molecule has 3 aromatic heterocycles. The molecule has 0 fully saturated rings. The van der Waals surface area contributed by atoms with Gasteiger partial charge in [-0.15, -0.1) is 5.10 Å². The molecule has 2 N–H and O–H groups in total. The monoisotopic (exact) mass is 371 g/mol. The number of aromatic hydroxyl groups is 1. The maximum absolute atomic E-state index is 12.0. The van der Waals surface area contributed by atoms with Crippen molar-refractivity contribution in [2.45, 2.75) is 17.5 Å². The van der Waals surface area contributed by atoms with Gasteiger partial charge < -0.3 is 13.9 Å². The number of fused-ring (bicyclic) bond motifs is 1. The first kappa shape index (κ1) is 16.3. The number of benzene rings is 1. The van der Waals surface area contributed by atoms with Crippen LogP contribution in [0.5, 0.6) is 5.75 Å². The zero-order valence-electron chi connectivity index (χ0n) is 13.3. The van der Waals surface area contributed by atoms with E-state index in [9.17, 15) is 14.7 Å². The molecule has 132 valence electrons. The van der Waals surface area contributed by atoms with Crippen LogP contribution in [0.1, 0.15) is 11.3 Å². The van der Waals surface area contributed by atoms with Gasteiger partial charge in [0.15, 0.2) is 5.16 Å². The molecule has 3 heterocycles. The molecular formula is C17H13N3O5S. The van der Waals surface area contributed by atoms with E-state index < -0.39 is 5.63 Å². The summed E-state index contributed by atoms with van der Waals surface area (Å²) in [5, 5.41) is 17.2. The SMILES string of the molecule is O=c1cc(CSc2n[nH]c(=O)n2Cc2ccco2)c2ccc(O)cc2o1. The number of phenolic OH excluding ortho intramolecular Hbond substituents is 1. The number of hydrogen-bond acceptors (Lipinski definition) is 7. The number of hydrogen-bond donors (Lipinski definition) is 2. The molecule has 1 aromatic carbocycles. The van der Waals surface area contributed by atoms with Gasteiger partial charge in [0.2, 0.25) is 0 Å². The number of phenols is 1. The highest BCUT2D eigenvalue weighted by atomic mass is 32.2. The highest BCUT2D eigenvalue weighted by Gasteiger charge is 2.13. The lowest BCUT2D eigenvalue weighted by Gasteiger charge is -2.06. The van der Waals surface area contributed by atoms with E-state index in [1.165, 1.54) is 40.8 Å². The molecular weight excluding hydrogens is 358 g/mol. The molecule has 0 saturated carbocycles. The van der Waals surface area contributed by atoms with Crippen LogP contribution in [0.15, 0.2) is 66.2 Å². The van der Waals surface area contributed by atoms with Gasteiger partial charge in [0.1, 0.15) is 17.1 Å². The average molecular weight is 371 g/mol. The third-order valence-electron chi connectivity index (χ3n) is 3.79. The molecule has 0 aliphatic rings. The van der Waals surface area contributed by atoms with Gasteiger partial charge >= 0.3 is 11.3 Å². The van der Waals surface area contributed by atoms with E-state index in [0.717, 1.165) is 5.56 Å². The topological polar surface area (TPSA) is 114 Å². The van der Waals surface area contributed by atoms with Gasteiger partial charge in [0.25, 0.3) is 0 Å². The molecule has 9 heteroatoms. The molecule has 26 heavy (non-hydrogen) atoms. The lowest BCUT2D eigenvalue weighted by Crippen LogP contribution is -2.18. The highest BCUT2D eigenvalue weighted by Crippen LogP contribution is 2.27. The minimum absolute atomic E-state index is 0.0186. The van der Waals surface area contributed by atoms with E-state index in [1.54, 1.807) is 18.2 Å². The molecule has 4 aromatic rings. The normalized spacial score (nSPS) is 11.2. The molecule has 8 nitrogen and oxygen atoms in total. The standard InChI is InChI=1S/C17H13N3O5S/c21-11-3-4-13-10(6-15(22)25-14(13)7-11)9-26-17-19-18-16(23)20(17)8-12-2-1-5-24-12/h1-7,21H,8-9H2,(H,18,23). The van der Waals surface area contributed by atoms with Crippen LogP contribution < -0.4 is 11.3 Å². The molecule has 0 unspecified atom stereocenters. The lowest BCUT2D eigenvalue weighted by atomic mass is 10.1. The fourth-order valence-corrected chi connectivity index (χ4v) is 3.53. The Bertz CT molecular complexity index is 1170. The summed E-state index contributed by atoms with van der Waals surface area (Å²) < 4.78 is 11.9. The zero-order chi connectivity index (χ0) is 18.1. The van der Waals surface area contributed by atoms with Crippen LogP contribution in [-0.2, 0) is 12.3 Å². The number of nitrogens with zero attached hydrogens (tertiary/aromatic N) is 2. The summed E-state index contributed by atoms with van der Waals surface area (Å²) in [6, 6.07) is 9.52. The quantitative estimate of drug-likeness (QED) is 0.409. The second-order valence-electron chi connectivity index (χ2n) is 5.54. The largest absolute Gasteiger partial charge is 0.508 e. The van der Waals surface area contributed by atoms with Gasteiger partial charge in [-0.25, -0.2) is 14.7 Å². The van der Waals surface area contributed by atoms with Gasteiger partial charge in [0, 0.05) is 23.3 Å². The molecule has 0 saturated heterocycles. The zero-order valence-corrected chi connectivity index (χ0v) is 14.2. The number of aromatic nitrogens is 3. The fraction of sp³-hybridized carbons (Fsp3) is 0.118. The van der Waals surface area contributed by atoms with E-state index in [2.05, 4.69) is 10.2 Å². The maximum Gasteiger partial charge on any atom is 0.344 e. The van der Waals surface area contributed by atoms with Gasteiger partial charge in [-0.1, -0.05) is 11.8 Å². The lowest BCUT2D eigenvalue weighted by molar-refractivity contribution is 0.473. The Kier molecular flexibility index (Phi) is 4.13. The van der Waals surface area contributed by atoms with Crippen LogP contribution in [0.2, 0.25) is 0 Å². The van der Waals surface area contributed by atoms with Crippen molar-refractivity contribution < 1.29 is 13.9 Å². The second-order valence-corrected chi connectivity index (χ2v) is 6.48. The van der Waals surface area contributed by atoms with Crippen molar-refractivity contribution in [3.05, 3.63) is 74.9 Å². The number of rotatable bonds is 5. The van der Waals surface area contributed by atoms with E-state index in [1.807, 2.05) is 0 Å². The van der Waals surface area contributed by atoms with E-state index in [4.69, 9.17) is 8.83 Å². The van der Waals surface area contributed by atoms with Crippen molar-refractivity contribution in [1.29, 1.82) is 0 Å². The number of furan rings is 1. The first-order valence-corrected chi connectivity index (χ1v) is 8.65. The molecule has 0 aliphatic carbocycles. The minimum atomic E-state index is -0.506. The van der Waals surface area contributed by atoms with Gasteiger partial charge in [-0.2, -0.15) is 0 Å². The van der Waals surface area contributed by atoms with Crippen molar-refractivity contribution in [1.82, 2.24) is 14.8 Å². The third-order valence-corrected chi connectivity index (χ3v) is 4.81. The van der Waals surface area contributed by atoms with Crippen LogP contribution >= 0.6 is 11.8 Å². The van der Waals surface area contributed by atoms with Gasteiger partial charge in [-0.3, -0.25) is 4.57 Å². The van der Waals surface area contributed by atoms with Crippen LogP contribution in [0, 0.1) is 0 Å². The summed E-state index contributed by atoms with van der Waals surface area (Å²) >= 11 is 1.31. The fourth-order valence-electron chi connectivity index (χ4n) is 2.59. The summed E-state index contributed by atoms with van der Waals surface area (Å²) in [7, 11) is 0. The highest BCUT2D eigenvalue weighted by molar-refractivity contribution is 7.98. The molecule has 0 aliphatic heterocycles. The first-order valence-electron chi connectivity index (χ1n) is 7.66. The Hall–Kier alpha value is -3.20. The number of H-pyrrole nitrogens is 1. The third kappa shape index (κ3) is 3.16. The summed E-state index contributed by atoms with van der Waals surface area (Å²) in [6.45, 7) is 0.260. The summed E-state index contributed by atoms with van der Waals surface area (Å²) in [5.41, 5.74) is 0.185. The molecule has 0 radical (unpaired) electrons. The summed E-state index contributed by atoms with van der Waals surface area (Å²) in [5.74, 6) is 1.05. The van der Waals surface area contributed by atoms with Crippen LogP contribution in [-0.4, -0.2) is 19.9 Å². The Labute approximate surface area is 150 Å². The number of nitrogens with one attached hydrogen (secondary N) is 1. The van der Waals surface area contributed by atoms with Crippen molar-refractivity contribution in [3.8, 4) is 5.75 Å². The Morgan fingerprint density at radius 1 is 1.23 bits per heavy atom. The molecule has 0 spiro atoms. The van der Waals surface area contributed by atoms with Crippen LogP contribution in [0.3, 0.4) is 0 Å². The molecule has 4 rings (SSSR count).